The molecule has 0 saturated carbocycles. The van der Waals surface area contributed by atoms with E-state index in [0.29, 0.717) is 5.92 Å². The summed E-state index contributed by atoms with van der Waals surface area (Å²) in [6, 6.07) is 10.3. The number of hydrogen-bond acceptors (Lipinski definition) is 3. The molecule has 0 unspecified atom stereocenters. The summed E-state index contributed by atoms with van der Waals surface area (Å²) in [5, 5.41) is 7.35. The fraction of sp³-hybridized carbons (Fsp3) is 0.357. The molecular formula is C14H16N2O. The number of aromatic nitrogens is 1. The summed E-state index contributed by atoms with van der Waals surface area (Å²) in [5.41, 5.74) is 2.35. The zero-order chi connectivity index (χ0) is 11.5. The van der Waals surface area contributed by atoms with Gasteiger partial charge in [-0.15, -0.1) is 0 Å². The SMILES string of the molecule is c1ccc(-c2cnoc2C2CCNCC2)cc1. The lowest BCUT2D eigenvalue weighted by Crippen LogP contribution is -2.26. The van der Waals surface area contributed by atoms with Gasteiger partial charge in [0.05, 0.1) is 6.20 Å². The molecule has 1 aromatic carbocycles. The second-order valence-electron chi connectivity index (χ2n) is 4.49. The molecule has 1 saturated heterocycles. The van der Waals surface area contributed by atoms with Crippen molar-refractivity contribution in [2.24, 2.45) is 0 Å². The topological polar surface area (TPSA) is 38.1 Å². The fourth-order valence-corrected chi connectivity index (χ4v) is 2.46. The van der Waals surface area contributed by atoms with Crippen molar-refractivity contribution in [1.29, 1.82) is 0 Å². The standard InChI is InChI=1S/C14H16N2O/c1-2-4-11(5-3-1)13-10-16-17-14(13)12-6-8-15-9-7-12/h1-5,10,12,15H,6-9H2. The van der Waals surface area contributed by atoms with Crippen LogP contribution in [0.5, 0.6) is 0 Å². The first-order valence-electron chi connectivity index (χ1n) is 6.16. The molecule has 3 heteroatoms. The fourth-order valence-electron chi connectivity index (χ4n) is 2.46. The molecule has 3 nitrogen and oxygen atoms in total. The molecule has 0 atom stereocenters. The molecule has 0 spiro atoms. The lowest BCUT2D eigenvalue weighted by atomic mass is 9.91. The van der Waals surface area contributed by atoms with Gasteiger partial charge in [0.25, 0.3) is 0 Å². The Balaban J connectivity index is 1.93. The van der Waals surface area contributed by atoms with E-state index in [1.54, 1.807) is 0 Å². The molecule has 0 amide bonds. The first-order valence-corrected chi connectivity index (χ1v) is 6.16. The van der Waals surface area contributed by atoms with Gasteiger partial charge in [0.1, 0.15) is 5.76 Å². The van der Waals surface area contributed by atoms with Crippen LogP contribution in [0.3, 0.4) is 0 Å². The Kier molecular flexibility index (Phi) is 2.92. The van der Waals surface area contributed by atoms with E-state index in [1.807, 2.05) is 12.3 Å². The van der Waals surface area contributed by atoms with Gasteiger partial charge in [-0.05, 0) is 31.5 Å². The number of benzene rings is 1. The van der Waals surface area contributed by atoms with Crippen molar-refractivity contribution >= 4 is 0 Å². The molecule has 2 heterocycles. The highest BCUT2D eigenvalue weighted by Gasteiger charge is 2.22. The Hall–Kier alpha value is -1.61. The normalized spacial score (nSPS) is 17.2. The molecule has 17 heavy (non-hydrogen) atoms. The van der Waals surface area contributed by atoms with E-state index in [2.05, 4.69) is 34.7 Å². The maximum atomic E-state index is 5.48. The average molecular weight is 228 g/mol. The van der Waals surface area contributed by atoms with Gasteiger partial charge in [-0.25, -0.2) is 0 Å². The average Bonchev–Trinajstić information content (AvgIpc) is 2.90. The summed E-state index contributed by atoms with van der Waals surface area (Å²) in [6.45, 7) is 2.14. The van der Waals surface area contributed by atoms with Gasteiger partial charge in [-0.2, -0.15) is 0 Å². The Morgan fingerprint density at radius 1 is 1.12 bits per heavy atom. The van der Waals surface area contributed by atoms with Crippen LogP contribution in [0.1, 0.15) is 24.5 Å². The van der Waals surface area contributed by atoms with E-state index in [-0.39, 0.29) is 0 Å². The molecule has 1 aliphatic rings. The van der Waals surface area contributed by atoms with E-state index in [9.17, 15) is 0 Å². The number of rotatable bonds is 2. The third-order valence-corrected chi connectivity index (χ3v) is 3.39. The minimum Gasteiger partial charge on any atom is -0.360 e. The van der Waals surface area contributed by atoms with Gasteiger partial charge in [-0.1, -0.05) is 35.5 Å². The maximum Gasteiger partial charge on any atom is 0.147 e. The molecule has 1 aliphatic heterocycles. The van der Waals surface area contributed by atoms with Crippen molar-refractivity contribution in [3.63, 3.8) is 0 Å². The van der Waals surface area contributed by atoms with Crippen LogP contribution in [0.2, 0.25) is 0 Å². The molecule has 3 rings (SSSR count). The molecule has 0 bridgehead atoms. The molecule has 88 valence electrons. The van der Waals surface area contributed by atoms with Crippen LogP contribution in [0.15, 0.2) is 41.1 Å². The highest BCUT2D eigenvalue weighted by molar-refractivity contribution is 5.64. The number of nitrogens with zero attached hydrogens (tertiary/aromatic N) is 1. The molecule has 1 aromatic heterocycles. The van der Waals surface area contributed by atoms with Crippen LogP contribution < -0.4 is 5.32 Å². The second kappa shape index (κ2) is 4.72. The Morgan fingerprint density at radius 2 is 1.88 bits per heavy atom. The zero-order valence-corrected chi connectivity index (χ0v) is 9.73. The van der Waals surface area contributed by atoms with Gasteiger partial charge >= 0.3 is 0 Å². The predicted molar refractivity (Wildman–Crippen MR) is 66.8 cm³/mol. The van der Waals surface area contributed by atoms with E-state index >= 15 is 0 Å². The monoisotopic (exact) mass is 228 g/mol. The lowest BCUT2D eigenvalue weighted by Gasteiger charge is -2.21. The second-order valence-corrected chi connectivity index (χ2v) is 4.49. The van der Waals surface area contributed by atoms with E-state index < -0.39 is 0 Å². The summed E-state index contributed by atoms with van der Waals surface area (Å²) in [7, 11) is 0. The number of nitrogens with one attached hydrogen (secondary N) is 1. The highest BCUT2D eigenvalue weighted by atomic mass is 16.5. The molecule has 1 N–H and O–H groups in total. The molecule has 1 fully saturated rings. The Bertz CT molecular complexity index is 472. The Labute approximate surface area is 101 Å². The first-order chi connectivity index (χ1) is 8.45. The number of hydrogen-bond donors (Lipinski definition) is 1. The summed E-state index contributed by atoms with van der Waals surface area (Å²) >= 11 is 0. The smallest absolute Gasteiger partial charge is 0.147 e. The summed E-state index contributed by atoms with van der Waals surface area (Å²) in [4.78, 5) is 0. The van der Waals surface area contributed by atoms with Gasteiger partial charge in [-0.3, -0.25) is 0 Å². The van der Waals surface area contributed by atoms with E-state index in [0.717, 1.165) is 37.3 Å². The summed E-state index contributed by atoms with van der Waals surface area (Å²) < 4.78 is 5.48. The van der Waals surface area contributed by atoms with Crippen molar-refractivity contribution < 1.29 is 4.52 Å². The van der Waals surface area contributed by atoms with Crippen molar-refractivity contribution in [3.8, 4) is 11.1 Å². The van der Waals surface area contributed by atoms with Crippen molar-refractivity contribution in [3.05, 3.63) is 42.3 Å². The summed E-state index contributed by atoms with van der Waals surface area (Å²) in [5.74, 6) is 1.56. The lowest BCUT2D eigenvalue weighted by molar-refractivity contribution is 0.328. The van der Waals surface area contributed by atoms with Crippen molar-refractivity contribution in [1.82, 2.24) is 10.5 Å². The molecule has 2 aromatic rings. The van der Waals surface area contributed by atoms with E-state index in [1.165, 1.54) is 5.56 Å². The Morgan fingerprint density at radius 3 is 2.65 bits per heavy atom. The summed E-state index contributed by atoms with van der Waals surface area (Å²) in [6.07, 6.45) is 4.11. The number of piperidine rings is 1. The largest absolute Gasteiger partial charge is 0.360 e. The third-order valence-electron chi connectivity index (χ3n) is 3.39. The quantitative estimate of drug-likeness (QED) is 0.859. The van der Waals surface area contributed by atoms with Crippen LogP contribution in [0.4, 0.5) is 0 Å². The van der Waals surface area contributed by atoms with Crippen LogP contribution in [-0.2, 0) is 0 Å². The van der Waals surface area contributed by atoms with Crippen molar-refractivity contribution in [2.75, 3.05) is 13.1 Å². The highest BCUT2D eigenvalue weighted by Crippen LogP contribution is 2.33. The first kappa shape index (κ1) is 10.5. The van der Waals surface area contributed by atoms with Crippen LogP contribution in [-0.4, -0.2) is 18.2 Å². The minimum absolute atomic E-state index is 0.508. The van der Waals surface area contributed by atoms with Gasteiger partial charge in [0.15, 0.2) is 0 Å². The van der Waals surface area contributed by atoms with Crippen LogP contribution in [0.25, 0.3) is 11.1 Å². The van der Waals surface area contributed by atoms with Crippen LogP contribution in [0, 0.1) is 0 Å². The van der Waals surface area contributed by atoms with Gasteiger partial charge in [0.2, 0.25) is 0 Å². The minimum atomic E-state index is 0.508. The maximum absolute atomic E-state index is 5.48. The van der Waals surface area contributed by atoms with Gasteiger partial charge in [0, 0.05) is 11.5 Å². The third kappa shape index (κ3) is 2.11. The van der Waals surface area contributed by atoms with Crippen molar-refractivity contribution in [2.45, 2.75) is 18.8 Å². The molecule has 0 aliphatic carbocycles. The van der Waals surface area contributed by atoms with Gasteiger partial charge < -0.3 is 9.84 Å². The molecular weight excluding hydrogens is 212 g/mol. The van der Waals surface area contributed by atoms with Crippen LogP contribution >= 0.6 is 0 Å². The predicted octanol–water partition coefficient (Wildman–Crippen LogP) is 2.81. The van der Waals surface area contributed by atoms with E-state index in [4.69, 9.17) is 4.52 Å². The zero-order valence-electron chi connectivity index (χ0n) is 9.73. The molecule has 0 radical (unpaired) electrons.